The first-order valence-electron chi connectivity index (χ1n) is 5.04. The zero-order valence-corrected chi connectivity index (χ0v) is 10.3. The molecule has 90 valence electrons. The Bertz CT molecular complexity index is 562. The Hall–Kier alpha value is -1.68. The topological polar surface area (TPSA) is 51.3 Å². The third kappa shape index (κ3) is 1.85. The predicted molar refractivity (Wildman–Crippen MR) is 66.5 cm³/mol. The van der Waals surface area contributed by atoms with Crippen LogP contribution in [0.1, 0.15) is 10.4 Å². The summed E-state index contributed by atoms with van der Waals surface area (Å²) in [7, 11) is 3.13. The van der Waals surface area contributed by atoms with Gasteiger partial charge in [0.15, 0.2) is 5.78 Å². The summed E-state index contributed by atoms with van der Waals surface area (Å²) in [6, 6.07) is 3.55. The maximum Gasteiger partial charge on any atom is 0.179 e. The van der Waals surface area contributed by atoms with E-state index in [1.165, 1.54) is 0 Å². The highest BCUT2D eigenvalue weighted by atomic mass is 35.5. The van der Waals surface area contributed by atoms with E-state index in [0.29, 0.717) is 22.4 Å². The monoisotopic (exact) mass is 253 g/mol. The molecule has 0 aliphatic rings. The molecule has 17 heavy (non-hydrogen) atoms. The van der Waals surface area contributed by atoms with Crippen LogP contribution in [0, 0.1) is 0 Å². The van der Waals surface area contributed by atoms with Crippen LogP contribution in [-0.2, 0) is 0 Å². The van der Waals surface area contributed by atoms with Crippen LogP contribution < -0.4 is 9.47 Å². The van der Waals surface area contributed by atoms with Crippen LogP contribution in [0.15, 0.2) is 18.3 Å². The van der Waals surface area contributed by atoms with Crippen molar-refractivity contribution in [1.29, 1.82) is 0 Å². The summed E-state index contributed by atoms with van der Waals surface area (Å²) in [6.07, 6.45) is 1.63. The number of hydrogen-bond acceptors (Lipinski definition) is 3. The van der Waals surface area contributed by atoms with Crippen molar-refractivity contribution >= 4 is 28.3 Å². The molecular weight excluding hydrogens is 242 g/mol. The smallest absolute Gasteiger partial charge is 0.179 e. The second-order valence-corrected chi connectivity index (χ2v) is 3.75. The van der Waals surface area contributed by atoms with Crippen LogP contribution in [0.4, 0.5) is 0 Å². The van der Waals surface area contributed by atoms with Crippen LogP contribution in [0.2, 0.25) is 0 Å². The number of H-pyrrole nitrogens is 1. The molecule has 1 aromatic heterocycles. The van der Waals surface area contributed by atoms with E-state index in [1.54, 1.807) is 32.5 Å². The van der Waals surface area contributed by atoms with Crippen molar-refractivity contribution in [3.63, 3.8) is 0 Å². The highest BCUT2D eigenvalue weighted by molar-refractivity contribution is 6.32. The van der Waals surface area contributed by atoms with Crippen LogP contribution in [0.5, 0.6) is 11.5 Å². The van der Waals surface area contributed by atoms with E-state index in [2.05, 4.69) is 4.98 Å². The fourth-order valence-electron chi connectivity index (χ4n) is 1.82. The normalized spacial score (nSPS) is 10.5. The van der Waals surface area contributed by atoms with E-state index in [1.807, 2.05) is 0 Å². The lowest BCUT2D eigenvalue weighted by Crippen LogP contribution is -1.99. The van der Waals surface area contributed by atoms with Gasteiger partial charge in [-0.25, -0.2) is 0 Å². The largest absolute Gasteiger partial charge is 0.496 e. The van der Waals surface area contributed by atoms with Gasteiger partial charge in [-0.05, 0) is 12.1 Å². The number of ether oxygens (including phenoxy) is 2. The van der Waals surface area contributed by atoms with Gasteiger partial charge in [0.05, 0.1) is 31.0 Å². The number of Topliss-reactive ketones (excluding diaryl/α,β-unsaturated/α-hetero) is 1. The first-order valence-corrected chi connectivity index (χ1v) is 5.57. The number of carbonyl (C=O) groups excluding carboxylic acids is 1. The maximum absolute atomic E-state index is 11.7. The standard InChI is InChI=1S/C12H12ClNO3/c1-16-9-3-4-10(17-2)12-11(9)7(6-14-12)8(15)5-13/h3-4,6,14H,5H2,1-2H3. The molecule has 0 radical (unpaired) electrons. The third-order valence-corrected chi connectivity index (χ3v) is 2.86. The Balaban J connectivity index is 2.76. The van der Waals surface area contributed by atoms with Crippen LogP contribution in [0.3, 0.4) is 0 Å². The molecule has 0 saturated heterocycles. The van der Waals surface area contributed by atoms with Gasteiger partial charge in [-0.3, -0.25) is 4.79 Å². The highest BCUT2D eigenvalue weighted by Crippen LogP contribution is 2.35. The molecule has 1 heterocycles. The molecule has 1 aromatic carbocycles. The van der Waals surface area contributed by atoms with Crippen LogP contribution in [0.25, 0.3) is 10.9 Å². The summed E-state index contributed by atoms with van der Waals surface area (Å²) in [5, 5.41) is 0.706. The molecule has 0 aliphatic heterocycles. The molecule has 4 nitrogen and oxygen atoms in total. The molecule has 0 spiro atoms. The number of halogens is 1. The predicted octanol–water partition coefficient (Wildman–Crippen LogP) is 2.61. The van der Waals surface area contributed by atoms with Gasteiger partial charge in [0.2, 0.25) is 0 Å². The number of nitrogens with one attached hydrogen (secondary N) is 1. The molecular formula is C12H12ClNO3. The second kappa shape index (κ2) is 4.67. The number of methoxy groups -OCH3 is 2. The lowest BCUT2D eigenvalue weighted by molar-refractivity contribution is 0.102. The molecule has 2 aromatic rings. The molecule has 0 aliphatic carbocycles. The van der Waals surface area contributed by atoms with Crippen molar-refractivity contribution < 1.29 is 14.3 Å². The van der Waals surface area contributed by atoms with Gasteiger partial charge in [0.25, 0.3) is 0 Å². The van der Waals surface area contributed by atoms with E-state index < -0.39 is 0 Å². The van der Waals surface area contributed by atoms with Crippen molar-refractivity contribution in [2.24, 2.45) is 0 Å². The number of carbonyl (C=O) groups is 1. The van der Waals surface area contributed by atoms with Crippen molar-refractivity contribution in [2.45, 2.75) is 0 Å². The summed E-state index contributed by atoms with van der Waals surface area (Å²) in [4.78, 5) is 14.7. The Labute approximate surface area is 103 Å². The Morgan fingerprint density at radius 1 is 1.29 bits per heavy atom. The minimum Gasteiger partial charge on any atom is -0.496 e. The molecule has 5 heteroatoms. The lowest BCUT2D eigenvalue weighted by Gasteiger charge is -2.07. The third-order valence-electron chi connectivity index (χ3n) is 2.62. The Kier molecular flexibility index (Phi) is 3.24. The van der Waals surface area contributed by atoms with Crippen molar-refractivity contribution in [1.82, 2.24) is 4.98 Å². The fraction of sp³-hybridized carbons (Fsp3) is 0.250. The Morgan fingerprint density at radius 2 is 1.94 bits per heavy atom. The number of alkyl halides is 1. The summed E-state index contributed by atoms with van der Waals surface area (Å²) in [5.74, 6) is 1.07. The SMILES string of the molecule is COc1ccc(OC)c2c(C(=O)CCl)c[nH]c12. The number of benzene rings is 1. The number of aromatic nitrogens is 1. The number of hydrogen-bond donors (Lipinski definition) is 1. The van der Waals surface area contributed by atoms with Gasteiger partial charge in [-0.2, -0.15) is 0 Å². The maximum atomic E-state index is 11.7. The molecule has 0 bridgehead atoms. The summed E-state index contributed by atoms with van der Waals surface area (Å²) >= 11 is 5.58. The van der Waals surface area contributed by atoms with Crippen molar-refractivity contribution in [3.8, 4) is 11.5 Å². The first-order chi connectivity index (χ1) is 8.22. The van der Waals surface area contributed by atoms with Crippen molar-refractivity contribution in [2.75, 3.05) is 20.1 Å². The van der Waals surface area contributed by atoms with E-state index in [9.17, 15) is 4.79 Å². The minimum absolute atomic E-state index is 0.0622. The minimum atomic E-state index is -0.149. The number of fused-ring (bicyclic) bond motifs is 1. The fourth-order valence-corrected chi connectivity index (χ4v) is 1.97. The van der Waals surface area contributed by atoms with Crippen molar-refractivity contribution in [3.05, 3.63) is 23.9 Å². The number of aromatic amines is 1. The summed E-state index contributed by atoms with van der Waals surface area (Å²) < 4.78 is 10.5. The molecule has 0 atom stereocenters. The van der Waals surface area contributed by atoms with E-state index in [-0.39, 0.29) is 11.7 Å². The van der Waals surface area contributed by atoms with Gasteiger partial charge in [0.1, 0.15) is 11.5 Å². The second-order valence-electron chi connectivity index (χ2n) is 3.48. The van der Waals surface area contributed by atoms with Crippen LogP contribution >= 0.6 is 11.6 Å². The van der Waals surface area contributed by atoms with E-state index in [0.717, 1.165) is 5.52 Å². The zero-order valence-electron chi connectivity index (χ0n) is 9.54. The van der Waals surface area contributed by atoms with Gasteiger partial charge in [-0.15, -0.1) is 11.6 Å². The Morgan fingerprint density at radius 3 is 2.53 bits per heavy atom. The first kappa shape index (κ1) is 11.8. The molecule has 0 saturated carbocycles. The molecule has 0 amide bonds. The van der Waals surface area contributed by atoms with E-state index >= 15 is 0 Å². The zero-order chi connectivity index (χ0) is 12.4. The van der Waals surface area contributed by atoms with Gasteiger partial charge >= 0.3 is 0 Å². The van der Waals surface area contributed by atoms with Gasteiger partial charge < -0.3 is 14.5 Å². The molecule has 2 rings (SSSR count). The van der Waals surface area contributed by atoms with E-state index in [4.69, 9.17) is 21.1 Å². The number of ketones is 1. The average Bonchev–Trinajstić information content (AvgIpc) is 2.81. The summed E-state index contributed by atoms with van der Waals surface area (Å²) in [5.41, 5.74) is 1.26. The molecule has 1 N–H and O–H groups in total. The average molecular weight is 254 g/mol. The highest BCUT2D eigenvalue weighted by Gasteiger charge is 2.17. The lowest BCUT2D eigenvalue weighted by atomic mass is 10.1. The van der Waals surface area contributed by atoms with Crippen LogP contribution in [-0.4, -0.2) is 30.9 Å². The summed E-state index contributed by atoms with van der Waals surface area (Å²) in [6.45, 7) is 0. The number of rotatable bonds is 4. The quantitative estimate of drug-likeness (QED) is 0.673. The van der Waals surface area contributed by atoms with Gasteiger partial charge in [-0.1, -0.05) is 0 Å². The molecule has 0 unspecified atom stereocenters. The van der Waals surface area contributed by atoms with Gasteiger partial charge in [0, 0.05) is 11.8 Å². The molecule has 0 fully saturated rings.